The van der Waals surface area contributed by atoms with Gasteiger partial charge < -0.3 is 13.8 Å². The van der Waals surface area contributed by atoms with Crippen molar-refractivity contribution in [1.82, 2.24) is 0 Å². The van der Waals surface area contributed by atoms with E-state index in [2.05, 4.69) is 51.3 Å². The maximum atomic E-state index is 3.68. The minimum Gasteiger partial charge on any atom is -0.343 e. The Morgan fingerprint density at radius 1 is 0.714 bits per heavy atom. The molecule has 1 aliphatic rings. The van der Waals surface area contributed by atoms with Crippen LogP contribution in [0.4, 0.5) is 0 Å². The predicted octanol–water partition coefficient (Wildman–Crippen LogP) is 7.02. The van der Waals surface area contributed by atoms with Crippen LogP contribution < -0.4 is 0 Å². The fraction of sp³-hybridized carbons (Fsp3) is 0.500. The molecule has 1 rings (SSSR count). The van der Waals surface area contributed by atoms with Gasteiger partial charge in [-0.1, -0.05) is 49.3 Å². The third-order valence-electron chi connectivity index (χ3n) is 2.65. The summed E-state index contributed by atoms with van der Waals surface area (Å²) in [6, 6.07) is 0. The predicted molar refractivity (Wildman–Crippen MR) is 95.6 cm³/mol. The van der Waals surface area contributed by atoms with Crippen LogP contribution in [0, 0.1) is 13.8 Å². The molecule has 0 spiro atoms. The zero-order valence-corrected chi connectivity index (χ0v) is 16.0. The Morgan fingerprint density at radius 3 is 1.14 bits per heavy atom. The van der Waals surface area contributed by atoms with Crippen molar-refractivity contribution in [3.63, 3.8) is 0 Å². The van der Waals surface area contributed by atoms with Crippen LogP contribution in [-0.4, -0.2) is 0 Å². The standard InChI is InChI=1S/C8H12.2C6H11.Pt/c1-2-4-6-8-7-5-3-1;2*1-3-5-6-4-2;/h1-2,7-8H,3-6H2;2*3H,1-2,4-6H2;/q;2*-1;+2/b2-1-,8-7-;;;. The summed E-state index contributed by atoms with van der Waals surface area (Å²) in [6.07, 6.45) is 24.5. The second-order valence-corrected chi connectivity index (χ2v) is 4.67. The van der Waals surface area contributed by atoms with Gasteiger partial charge in [0.15, 0.2) is 0 Å². The molecule has 0 aliphatic heterocycles. The third kappa shape index (κ3) is 32.9. The Morgan fingerprint density at radius 2 is 1.00 bits per heavy atom. The largest absolute Gasteiger partial charge is 2.00 e. The minimum atomic E-state index is 0. The fourth-order valence-electron chi connectivity index (χ4n) is 1.43. The monoisotopic (exact) mass is 469 g/mol. The van der Waals surface area contributed by atoms with Crippen LogP contribution in [0.5, 0.6) is 0 Å². The molecule has 124 valence electrons. The minimum absolute atomic E-state index is 0. The summed E-state index contributed by atoms with van der Waals surface area (Å²) in [5.74, 6) is 0. The van der Waals surface area contributed by atoms with Crippen molar-refractivity contribution in [2.45, 2.75) is 64.2 Å². The first-order valence-corrected chi connectivity index (χ1v) is 7.93. The summed E-state index contributed by atoms with van der Waals surface area (Å²) >= 11 is 0. The maximum Gasteiger partial charge on any atom is 2.00 e. The topological polar surface area (TPSA) is 0 Å². The molecular formula is C20H34Pt. The molecule has 0 atom stereocenters. The van der Waals surface area contributed by atoms with Crippen LogP contribution >= 0.6 is 0 Å². The fourth-order valence-corrected chi connectivity index (χ4v) is 1.43. The van der Waals surface area contributed by atoms with E-state index in [4.69, 9.17) is 0 Å². The van der Waals surface area contributed by atoms with E-state index in [0.29, 0.717) is 0 Å². The van der Waals surface area contributed by atoms with E-state index in [1.807, 2.05) is 12.2 Å². The molecule has 0 fully saturated rings. The zero-order chi connectivity index (χ0) is 15.3. The van der Waals surface area contributed by atoms with Gasteiger partial charge in [0, 0.05) is 0 Å². The van der Waals surface area contributed by atoms with E-state index >= 15 is 0 Å². The SMILES string of the molecule is C1=C\CC/C=C\CC/1.C=CCCC[CH2-].C=CCCC[CH2-].[Pt+2]. The Balaban J connectivity index is -0.000000231. The quantitative estimate of drug-likeness (QED) is 0.223. The second-order valence-electron chi connectivity index (χ2n) is 4.67. The van der Waals surface area contributed by atoms with E-state index < -0.39 is 0 Å². The first kappa shape index (κ1) is 25.6. The maximum absolute atomic E-state index is 3.68. The van der Waals surface area contributed by atoms with E-state index in [1.54, 1.807) is 0 Å². The normalized spacial score (nSPS) is 15.3. The summed E-state index contributed by atoms with van der Waals surface area (Å²) in [6.45, 7) is 14.5. The summed E-state index contributed by atoms with van der Waals surface area (Å²) < 4.78 is 0. The molecule has 0 N–H and O–H groups in total. The third-order valence-corrected chi connectivity index (χ3v) is 2.65. The van der Waals surface area contributed by atoms with Crippen LogP contribution in [0.1, 0.15) is 64.2 Å². The number of rotatable bonds is 6. The molecule has 0 saturated carbocycles. The van der Waals surface area contributed by atoms with Crippen molar-refractivity contribution in [2.75, 3.05) is 0 Å². The van der Waals surface area contributed by atoms with Gasteiger partial charge >= 0.3 is 21.1 Å². The summed E-state index contributed by atoms with van der Waals surface area (Å²) in [5.41, 5.74) is 0. The molecule has 0 heterocycles. The Kier molecular flexibility index (Phi) is 34.0. The van der Waals surface area contributed by atoms with Gasteiger partial charge in [-0.05, 0) is 38.5 Å². The van der Waals surface area contributed by atoms with E-state index in [1.165, 1.54) is 38.5 Å². The number of hydrogen-bond acceptors (Lipinski definition) is 0. The molecule has 1 heteroatoms. The van der Waals surface area contributed by atoms with Gasteiger partial charge in [-0.3, -0.25) is 0 Å². The number of unbranched alkanes of at least 4 members (excludes halogenated alkanes) is 4. The molecule has 0 aromatic rings. The molecule has 0 amide bonds. The first-order valence-electron chi connectivity index (χ1n) is 7.93. The summed E-state index contributed by atoms with van der Waals surface area (Å²) in [4.78, 5) is 0. The van der Waals surface area contributed by atoms with Crippen molar-refractivity contribution in [2.24, 2.45) is 0 Å². The molecule has 0 bridgehead atoms. The molecule has 0 radical (unpaired) electrons. The molecule has 0 aromatic carbocycles. The van der Waals surface area contributed by atoms with Gasteiger partial charge in [0.1, 0.15) is 0 Å². The van der Waals surface area contributed by atoms with Crippen LogP contribution in [0.15, 0.2) is 49.6 Å². The number of hydrogen-bond donors (Lipinski definition) is 0. The van der Waals surface area contributed by atoms with Crippen molar-refractivity contribution in [3.05, 3.63) is 63.5 Å². The van der Waals surface area contributed by atoms with Crippen LogP contribution in [0.3, 0.4) is 0 Å². The zero-order valence-electron chi connectivity index (χ0n) is 13.7. The van der Waals surface area contributed by atoms with Gasteiger partial charge in [0.2, 0.25) is 0 Å². The Labute approximate surface area is 148 Å². The number of allylic oxidation sites excluding steroid dienone is 6. The average molecular weight is 470 g/mol. The van der Waals surface area contributed by atoms with Gasteiger partial charge in [0.25, 0.3) is 0 Å². The first-order chi connectivity index (χ1) is 9.83. The second kappa shape index (κ2) is 27.9. The van der Waals surface area contributed by atoms with Crippen molar-refractivity contribution in [1.29, 1.82) is 0 Å². The molecule has 0 unspecified atom stereocenters. The molecule has 21 heavy (non-hydrogen) atoms. The van der Waals surface area contributed by atoms with Gasteiger partial charge in [-0.2, -0.15) is 12.8 Å². The van der Waals surface area contributed by atoms with E-state index in [-0.39, 0.29) is 21.1 Å². The Bertz CT molecular complexity index is 200. The van der Waals surface area contributed by atoms with Crippen molar-refractivity contribution < 1.29 is 21.1 Å². The molecule has 0 aromatic heterocycles. The van der Waals surface area contributed by atoms with E-state index in [9.17, 15) is 0 Å². The molecule has 0 saturated heterocycles. The molecule has 0 nitrogen and oxygen atoms in total. The summed E-state index contributed by atoms with van der Waals surface area (Å²) in [7, 11) is 0. The van der Waals surface area contributed by atoms with Crippen LogP contribution in [-0.2, 0) is 21.1 Å². The van der Waals surface area contributed by atoms with E-state index in [0.717, 1.165) is 25.7 Å². The molecule has 1 aliphatic carbocycles. The smallest absolute Gasteiger partial charge is 0.343 e. The van der Waals surface area contributed by atoms with Crippen LogP contribution in [0.25, 0.3) is 0 Å². The van der Waals surface area contributed by atoms with Crippen molar-refractivity contribution >= 4 is 0 Å². The Hall–Kier alpha value is -0.352. The van der Waals surface area contributed by atoms with Gasteiger partial charge in [0.05, 0.1) is 0 Å². The average Bonchev–Trinajstić information content (AvgIpc) is 2.43. The van der Waals surface area contributed by atoms with Gasteiger partial charge in [-0.25, -0.2) is 0 Å². The van der Waals surface area contributed by atoms with Crippen LogP contribution in [0.2, 0.25) is 0 Å². The molecular weight excluding hydrogens is 435 g/mol. The van der Waals surface area contributed by atoms with Gasteiger partial charge in [-0.15, -0.1) is 13.2 Å². The summed E-state index contributed by atoms with van der Waals surface area (Å²) in [5, 5.41) is 0. The van der Waals surface area contributed by atoms with Crippen molar-refractivity contribution in [3.8, 4) is 0 Å².